The van der Waals surface area contributed by atoms with Gasteiger partial charge in [0.2, 0.25) is 0 Å². The quantitative estimate of drug-likeness (QED) is 0.880. The number of anilines is 1. The highest BCUT2D eigenvalue weighted by Gasteiger charge is 2.13. The summed E-state index contributed by atoms with van der Waals surface area (Å²) in [6.45, 7) is -1.02. The van der Waals surface area contributed by atoms with Crippen LogP contribution in [0.15, 0.2) is 36.5 Å². The summed E-state index contributed by atoms with van der Waals surface area (Å²) >= 11 is 0. The Bertz CT molecular complexity index is 775. The molecule has 0 bridgehead atoms. The Labute approximate surface area is 137 Å². The number of aryl methyl sites for hydroxylation is 1. The number of ether oxygens (including phenoxy) is 1. The molecule has 1 heterocycles. The number of carbonyl (C=O) groups is 1. The van der Waals surface area contributed by atoms with Gasteiger partial charge in [-0.05, 0) is 36.8 Å². The average molecular weight is 332 g/mol. The van der Waals surface area contributed by atoms with Gasteiger partial charge in [-0.15, -0.1) is 0 Å². The molecule has 1 aromatic carbocycles. The van der Waals surface area contributed by atoms with Crippen LogP contribution in [-0.2, 0) is 6.54 Å². The monoisotopic (exact) mass is 332 g/mol. The molecule has 124 valence electrons. The van der Waals surface area contributed by atoms with Crippen molar-refractivity contribution in [3.05, 3.63) is 53.3 Å². The van der Waals surface area contributed by atoms with Gasteiger partial charge in [0.05, 0.1) is 29.6 Å². The van der Waals surface area contributed by atoms with Crippen molar-refractivity contribution in [3.63, 3.8) is 0 Å². The summed E-state index contributed by atoms with van der Waals surface area (Å²) in [6.07, 6.45) is 1.60. The summed E-state index contributed by atoms with van der Waals surface area (Å²) in [5.74, 6) is -0.229. The molecule has 0 saturated carbocycles. The standard InChI is InChI=1S/C16H14F2N4O2/c1-10-3-2-6-20-13(10)9-21-16(23)22-12-7-11(8-19)4-5-14(12)24-15(17)18/h2-7,15H,9H2,1H3,(H2,21,22,23). The maximum atomic E-state index is 12.4. The number of rotatable bonds is 5. The molecule has 0 atom stereocenters. The zero-order chi connectivity index (χ0) is 17.5. The highest BCUT2D eigenvalue weighted by atomic mass is 19.3. The molecular formula is C16H14F2N4O2. The van der Waals surface area contributed by atoms with E-state index in [0.29, 0.717) is 5.69 Å². The number of aromatic nitrogens is 1. The predicted octanol–water partition coefficient (Wildman–Crippen LogP) is 3.18. The lowest BCUT2D eigenvalue weighted by molar-refractivity contribution is -0.0493. The molecule has 0 aliphatic heterocycles. The molecule has 2 aromatic rings. The third-order valence-electron chi connectivity index (χ3n) is 3.11. The van der Waals surface area contributed by atoms with Crippen molar-refractivity contribution in [2.45, 2.75) is 20.1 Å². The second-order valence-corrected chi connectivity index (χ2v) is 4.78. The number of nitriles is 1. The number of urea groups is 1. The largest absolute Gasteiger partial charge is 0.433 e. The van der Waals surface area contributed by atoms with Gasteiger partial charge in [0.15, 0.2) is 0 Å². The van der Waals surface area contributed by atoms with Gasteiger partial charge in [-0.25, -0.2) is 4.79 Å². The highest BCUT2D eigenvalue weighted by molar-refractivity contribution is 5.91. The molecule has 24 heavy (non-hydrogen) atoms. The molecule has 2 N–H and O–H groups in total. The molecule has 0 radical (unpaired) electrons. The van der Waals surface area contributed by atoms with Gasteiger partial charge in [-0.2, -0.15) is 14.0 Å². The summed E-state index contributed by atoms with van der Waals surface area (Å²) in [5, 5.41) is 13.8. The summed E-state index contributed by atoms with van der Waals surface area (Å²) in [6, 6.07) is 8.63. The minimum Gasteiger partial charge on any atom is -0.433 e. The van der Waals surface area contributed by atoms with Crippen LogP contribution in [0.5, 0.6) is 5.75 Å². The second kappa shape index (κ2) is 7.87. The third-order valence-corrected chi connectivity index (χ3v) is 3.11. The minimum atomic E-state index is -3.04. The van der Waals surface area contributed by atoms with Crippen molar-refractivity contribution in [1.82, 2.24) is 10.3 Å². The van der Waals surface area contributed by atoms with Crippen molar-refractivity contribution < 1.29 is 18.3 Å². The van der Waals surface area contributed by atoms with E-state index in [-0.39, 0.29) is 23.5 Å². The molecule has 2 rings (SSSR count). The van der Waals surface area contributed by atoms with E-state index in [2.05, 4.69) is 20.4 Å². The van der Waals surface area contributed by atoms with Crippen molar-refractivity contribution in [1.29, 1.82) is 5.26 Å². The summed E-state index contributed by atoms with van der Waals surface area (Å²) in [4.78, 5) is 16.1. The van der Waals surface area contributed by atoms with E-state index >= 15 is 0 Å². The van der Waals surface area contributed by atoms with Gasteiger partial charge < -0.3 is 15.4 Å². The van der Waals surface area contributed by atoms with Crippen LogP contribution in [0.3, 0.4) is 0 Å². The fourth-order valence-electron chi connectivity index (χ4n) is 1.93. The number of benzene rings is 1. The van der Waals surface area contributed by atoms with Crippen molar-refractivity contribution >= 4 is 11.7 Å². The van der Waals surface area contributed by atoms with Crippen LogP contribution in [0, 0.1) is 18.3 Å². The van der Waals surface area contributed by atoms with Gasteiger partial charge in [0.25, 0.3) is 0 Å². The maximum absolute atomic E-state index is 12.4. The fourth-order valence-corrected chi connectivity index (χ4v) is 1.93. The number of nitrogens with one attached hydrogen (secondary N) is 2. The molecular weight excluding hydrogens is 318 g/mol. The zero-order valence-electron chi connectivity index (χ0n) is 12.7. The molecule has 0 aliphatic carbocycles. The lowest BCUT2D eigenvalue weighted by atomic mass is 10.2. The molecule has 1 aromatic heterocycles. The third kappa shape index (κ3) is 4.64. The van der Waals surface area contributed by atoms with Gasteiger partial charge in [0, 0.05) is 6.20 Å². The van der Waals surface area contributed by atoms with E-state index in [4.69, 9.17) is 5.26 Å². The van der Waals surface area contributed by atoms with Gasteiger partial charge >= 0.3 is 12.6 Å². The lowest BCUT2D eigenvalue weighted by Crippen LogP contribution is -2.29. The number of hydrogen-bond donors (Lipinski definition) is 2. The number of carbonyl (C=O) groups excluding carboxylic acids is 1. The second-order valence-electron chi connectivity index (χ2n) is 4.78. The zero-order valence-corrected chi connectivity index (χ0v) is 12.7. The maximum Gasteiger partial charge on any atom is 0.387 e. The first-order valence-electron chi connectivity index (χ1n) is 6.94. The fraction of sp³-hybridized carbons (Fsp3) is 0.188. The molecule has 2 amide bonds. The molecule has 0 aliphatic rings. The van der Waals surface area contributed by atoms with Crippen LogP contribution in [0.2, 0.25) is 0 Å². The van der Waals surface area contributed by atoms with Crippen molar-refractivity contribution in [2.75, 3.05) is 5.32 Å². The number of nitrogens with zero attached hydrogens (tertiary/aromatic N) is 2. The summed E-state index contributed by atoms with van der Waals surface area (Å²) in [5.41, 5.74) is 1.77. The molecule has 0 unspecified atom stereocenters. The van der Waals surface area contributed by atoms with Crippen molar-refractivity contribution in [3.8, 4) is 11.8 Å². The first kappa shape index (κ1) is 17.1. The number of alkyl halides is 2. The molecule has 0 spiro atoms. The van der Waals surface area contributed by atoms with E-state index in [0.717, 1.165) is 5.56 Å². The number of amides is 2. The topological polar surface area (TPSA) is 87.0 Å². The molecule has 6 nitrogen and oxygen atoms in total. The highest BCUT2D eigenvalue weighted by Crippen LogP contribution is 2.27. The molecule has 0 saturated heterocycles. The lowest BCUT2D eigenvalue weighted by Gasteiger charge is -2.13. The Morgan fingerprint density at radius 1 is 1.42 bits per heavy atom. The smallest absolute Gasteiger partial charge is 0.387 e. The first-order chi connectivity index (χ1) is 11.5. The Hall–Kier alpha value is -3.21. The van der Waals surface area contributed by atoms with Gasteiger partial charge in [-0.1, -0.05) is 6.07 Å². The van der Waals surface area contributed by atoms with Crippen LogP contribution < -0.4 is 15.4 Å². The Morgan fingerprint density at radius 3 is 2.88 bits per heavy atom. The predicted molar refractivity (Wildman–Crippen MR) is 82.6 cm³/mol. The van der Waals surface area contributed by atoms with E-state index in [1.807, 2.05) is 19.1 Å². The Balaban J connectivity index is 2.07. The normalized spacial score (nSPS) is 10.1. The first-order valence-corrected chi connectivity index (χ1v) is 6.94. The number of hydrogen-bond acceptors (Lipinski definition) is 4. The molecule has 8 heteroatoms. The van der Waals surface area contributed by atoms with Gasteiger partial charge in [0.1, 0.15) is 5.75 Å². The van der Waals surface area contributed by atoms with E-state index < -0.39 is 12.6 Å². The Kier molecular flexibility index (Phi) is 5.63. The number of pyridine rings is 1. The van der Waals surface area contributed by atoms with E-state index in [1.165, 1.54) is 18.2 Å². The van der Waals surface area contributed by atoms with E-state index in [1.54, 1.807) is 12.3 Å². The Morgan fingerprint density at radius 2 is 2.21 bits per heavy atom. The summed E-state index contributed by atoms with van der Waals surface area (Å²) in [7, 11) is 0. The van der Waals surface area contributed by atoms with Crippen LogP contribution >= 0.6 is 0 Å². The summed E-state index contributed by atoms with van der Waals surface area (Å²) < 4.78 is 29.2. The average Bonchev–Trinajstić information content (AvgIpc) is 2.55. The van der Waals surface area contributed by atoms with Crippen LogP contribution in [-0.4, -0.2) is 17.6 Å². The van der Waals surface area contributed by atoms with Crippen LogP contribution in [0.4, 0.5) is 19.3 Å². The van der Waals surface area contributed by atoms with Crippen LogP contribution in [0.25, 0.3) is 0 Å². The SMILES string of the molecule is Cc1cccnc1CNC(=O)Nc1cc(C#N)ccc1OC(F)F. The van der Waals surface area contributed by atoms with Gasteiger partial charge in [-0.3, -0.25) is 4.98 Å². The molecule has 0 fully saturated rings. The van der Waals surface area contributed by atoms with E-state index in [9.17, 15) is 13.6 Å². The van der Waals surface area contributed by atoms with Crippen LogP contribution in [0.1, 0.15) is 16.8 Å². The van der Waals surface area contributed by atoms with Crippen molar-refractivity contribution in [2.24, 2.45) is 0 Å². The number of halogens is 2. The minimum absolute atomic E-state index is 0.0235.